The van der Waals surface area contributed by atoms with Gasteiger partial charge in [0.2, 0.25) is 0 Å². The summed E-state index contributed by atoms with van der Waals surface area (Å²) in [6.07, 6.45) is 1.48. The molecule has 0 spiro atoms. The molecule has 94 valence electrons. The Hall–Kier alpha value is -1.06. The minimum atomic E-state index is 0.268. The summed E-state index contributed by atoms with van der Waals surface area (Å²) in [5.41, 5.74) is 8.21. The molecule has 3 heteroatoms. The number of benzene rings is 1. The minimum Gasteiger partial charge on any atom is -0.372 e. The van der Waals surface area contributed by atoms with Gasteiger partial charge >= 0.3 is 0 Å². The van der Waals surface area contributed by atoms with Gasteiger partial charge in [0.15, 0.2) is 0 Å². The lowest BCUT2D eigenvalue weighted by molar-refractivity contribution is -0.0183. The minimum absolute atomic E-state index is 0.268. The summed E-state index contributed by atoms with van der Waals surface area (Å²) in [5.74, 6) is 0. The molecule has 0 bridgehead atoms. The number of rotatable bonds is 3. The summed E-state index contributed by atoms with van der Waals surface area (Å²) in [7, 11) is 0. The lowest BCUT2D eigenvalue weighted by Gasteiger charge is -2.38. The Morgan fingerprint density at radius 2 is 2.24 bits per heavy atom. The van der Waals surface area contributed by atoms with Crippen molar-refractivity contribution in [2.24, 2.45) is 5.73 Å². The molecular weight excluding hydrogens is 212 g/mol. The highest BCUT2D eigenvalue weighted by Gasteiger charge is 2.24. The van der Waals surface area contributed by atoms with Crippen LogP contribution in [-0.2, 0) is 4.74 Å². The van der Waals surface area contributed by atoms with Crippen LogP contribution < -0.4 is 10.6 Å². The highest BCUT2D eigenvalue weighted by Crippen LogP contribution is 2.22. The number of morpholine rings is 1. The predicted molar refractivity (Wildman–Crippen MR) is 71.4 cm³/mol. The summed E-state index contributed by atoms with van der Waals surface area (Å²) < 4.78 is 5.89. The van der Waals surface area contributed by atoms with Gasteiger partial charge in [-0.2, -0.15) is 0 Å². The van der Waals surface area contributed by atoms with Crippen LogP contribution in [0.25, 0.3) is 0 Å². The molecule has 1 aromatic rings. The van der Waals surface area contributed by atoms with Gasteiger partial charge in [-0.25, -0.2) is 0 Å². The maximum atomic E-state index is 5.89. The van der Waals surface area contributed by atoms with Crippen LogP contribution in [0.1, 0.15) is 18.9 Å². The number of anilines is 1. The van der Waals surface area contributed by atoms with E-state index in [9.17, 15) is 0 Å². The first-order valence-corrected chi connectivity index (χ1v) is 6.36. The standard InChI is InChI=1S/C14H22N2O/c1-11-4-3-5-13(8-11)16-9-12(2)17-14(10-16)6-7-15/h3-5,8,12,14H,6-7,9-10,15H2,1-2H3. The van der Waals surface area contributed by atoms with Gasteiger partial charge in [-0.3, -0.25) is 0 Å². The molecule has 2 N–H and O–H groups in total. The summed E-state index contributed by atoms with van der Waals surface area (Å²) >= 11 is 0. The van der Waals surface area contributed by atoms with Crippen LogP contribution in [0.4, 0.5) is 5.69 Å². The van der Waals surface area contributed by atoms with Gasteiger partial charge < -0.3 is 15.4 Å². The zero-order valence-electron chi connectivity index (χ0n) is 10.7. The first-order chi connectivity index (χ1) is 8.19. The van der Waals surface area contributed by atoms with Crippen molar-refractivity contribution in [1.82, 2.24) is 0 Å². The molecule has 17 heavy (non-hydrogen) atoms. The van der Waals surface area contributed by atoms with Crippen molar-refractivity contribution in [3.8, 4) is 0 Å². The van der Waals surface area contributed by atoms with Crippen LogP contribution in [-0.4, -0.2) is 31.8 Å². The molecule has 2 atom stereocenters. The fourth-order valence-corrected chi connectivity index (χ4v) is 2.43. The van der Waals surface area contributed by atoms with E-state index in [1.54, 1.807) is 0 Å². The van der Waals surface area contributed by atoms with E-state index in [1.165, 1.54) is 11.3 Å². The molecule has 2 rings (SSSR count). The Morgan fingerprint density at radius 3 is 2.94 bits per heavy atom. The van der Waals surface area contributed by atoms with Crippen molar-refractivity contribution in [3.63, 3.8) is 0 Å². The second-order valence-corrected chi connectivity index (χ2v) is 4.89. The summed E-state index contributed by atoms with van der Waals surface area (Å²) in [5, 5.41) is 0. The zero-order valence-corrected chi connectivity index (χ0v) is 10.7. The van der Waals surface area contributed by atoms with Crippen LogP contribution in [0.15, 0.2) is 24.3 Å². The van der Waals surface area contributed by atoms with Gasteiger partial charge in [-0.05, 0) is 44.5 Å². The van der Waals surface area contributed by atoms with Crippen molar-refractivity contribution >= 4 is 5.69 Å². The lowest BCUT2D eigenvalue weighted by atomic mass is 10.1. The van der Waals surface area contributed by atoms with E-state index >= 15 is 0 Å². The molecule has 1 aromatic carbocycles. The SMILES string of the molecule is Cc1cccc(N2CC(C)OC(CCN)C2)c1. The molecule has 1 aliphatic heterocycles. The molecule has 1 aliphatic rings. The van der Waals surface area contributed by atoms with Crippen LogP contribution in [0, 0.1) is 6.92 Å². The number of aryl methyl sites for hydroxylation is 1. The number of hydrogen-bond acceptors (Lipinski definition) is 3. The van der Waals surface area contributed by atoms with E-state index in [1.807, 2.05) is 0 Å². The topological polar surface area (TPSA) is 38.5 Å². The number of hydrogen-bond donors (Lipinski definition) is 1. The Kier molecular flexibility index (Phi) is 4.02. The zero-order chi connectivity index (χ0) is 12.3. The highest BCUT2D eigenvalue weighted by atomic mass is 16.5. The first kappa shape index (κ1) is 12.4. The number of nitrogens with zero attached hydrogens (tertiary/aromatic N) is 1. The van der Waals surface area contributed by atoms with Gasteiger partial charge in [0.25, 0.3) is 0 Å². The van der Waals surface area contributed by atoms with Crippen molar-refractivity contribution in [2.75, 3.05) is 24.5 Å². The molecule has 1 saturated heterocycles. The number of nitrogens with two attached hydrogens (primary N) is 1. The smallest absolute Gasteiger partial charge is 0.0766 e. The Bertz CT molecular complexity index is 367. The van der Waals surface area contributed by atoms with E-state index < -0.39 is 0 Å². The first-order valence-electron chi connectivity index (χ1n) is 6.36. The lowest BCUT2D eigenvalue weighted by Crippen LogP contribution is -2.47. The van der Waals surface area contributed by atoms with Crippen molar-refractivity contribution in [2.45, 2.75) is 32.5 Å². The van der Waals surface area contributed by atoms with Gasteiger partial charge in [-0.15, -0.1) is 0 Å². The molecular formula is C14H22N2O. The summed E-state index contributed by atoms with van der Waals surface area (Å²) in [4.78, 5) is 2.40. The van der Waals surface area contributed by atoms with Crippen molar-refractivity contribution in [3.05, 3.63) is 29.8 Å². The van der Waals surface area contributed by atoms with Crippen LogP contribution in [0.2, 0.25) is 0 Å². The Balaban J connectivity index is 2.09. The average molecular weight is 234 g/mol. The predicted octanol–water partition coefficient (Wildman–Crippen LogP) is 1.94. The monoisotopic (exact) mass is 234 g/mol. The van der Waals surface area contributed by atoms with Gasteiger partial charge in [0.05, 0.1) is 12.2 Å². The van der Waals surface area contributed by atoms with Crippen LogP contribution >= 0.6 is 0 Å². The summed E-state index contributed by atoms with van der Waals surface area (Å²) in [6, 6.07) is 8.65. The molecule has 1 fully saturated rings. The fraction of sp³-hybridized carbons (Fsp3) is 0.571. The van der Waals surface area contributed by atoms with Crippen molar-refractivity contribution < 1.29 is 4.74 Å². The number of ether oxygens (including phenoxy) is 1. The molecule has 2 unspecified atom stereocenters. The van der Waals surface area contributed by atoms with E-state index in [0.29, 0.717) is 6.54 Å². The molecule has 0 aliphatic carbocycles. The van der Waals surface area contributed by atoms with Gasteiger partial charge in [0.1, 0.15) is 0 Å². The quantitative estimate of drug-likeness (QED) is 0.868. The third-order valence-electron chi connectivity index (χ3n) is 3.18. The van der Waals surface area contributed by atoms with Gasteiger partial charge in [-0.1, -0.05) is 12.1 Å². The third-order valence-corrected chi connectivity index (χ3v) is 3.18. The van der Waals surface area contributed by atoms with E-state index in [2.05, 4.69) is 43.0 Å². The molecule has 0 saturated carbocycles. The summed E-state index contributed by atoms with van der Waals surface area (Å²) in [6.45, 7) is 6.87. The van der Waals surface area contributed by atoms with E-state index in [4.69, 9.17) is 10.5 Å². The molecule has 1 heterocycles. The highest BCUT2D eigenvalue weighted by molar-refractivity contribution is 5.49. The molecule has 0 radical (unpaired) electrons. The Labute approximate surface area is 104 Å². The Morgan fingerprint density at radius 1 is 1.41 bits per heavy atom. The molecule has 0 amide bonds. The maximum absolute atomic E-state index is 5.89. The average Bonchev–Trinajstić information content (AvgIpc) is 2.28. The second-order valence-electron chi connectivity index (χ2n) is 4.89. The van der Waals surface area contributed by atoms with Crippen LogP contribution in [0.3, 0.4) is 0 Å². The third kappa shape index (κ3) is 3.20. The molecule has 3 nitrogen and oxygen atoms in total. The van der Waals surface area contributed by atoms with E-state index in [-0.39, 0.29) is 12.2 Å². The van der Waals surface area contributed by atoms with Crippen LogP contribution in [0.5, 0.6) is 0 Å². The fourth-order valence-electron chi connectivity index (χ4n) is 2.43. The maximum Gasteiger partial charge on any atom is 0.0766 e. The molecule has 0 aromatic heterocycles. The van der Waals surface area contributed by atoms with Gasteiger partial charge in [0, 0.05) is 18.8 Å². The van der Waals surface area contributed by atoms with Crippen molar-refractivity contribution in [1.29, 1.82) is 0 Å². The largest absolute Gasteiger partial charge is 0.372 e. The van der Waals surface area contributed by atoms with E-state index in [0.717, 1.165) is 19.5 Å². The second kappa shape index (κ2) is 5.52. The normalized spacial score (nSPS) is 25.0.